The van der Waals surface area contributed by atoms with Gasteiger partial charge in [0.25, 0.3) is 0 Å². The van der Waals surface area contributed by atoms with Crippen LogP contribution in [-0.4, -0.2) is 11.5 Å². The molecule has 2 nitrogen and oxygen atoms in total. The number of aromatic nitrogens is 1. The first-order valence-corrected chi connectivity index (χ1v) is 6.74. The van der Waals surface area contributed by atoms with E-state index in [-0.39, 0.29) is 0 Å². The Morgan fingerprint density at radius 2 is 2.07 bits per heavy atom. The molecule has 0 amide bonds. The molecule has 0 aromatic carbocycles. The molecule has 1 heterocycles. The highest BCUT2D eigenvalue weighted by Crippen LogP contribution is 2.26. The van der Waals surface area contributed by atoms with Crippen molar-refractivity contribution in [3.05, 3.63) is 15.6 Å². The lowest BCUT2D eigenvalue weighted by Gasteiger charge is -2.13. The van der Waals surface area contributed by atoms with Crippen molar-refractivity contribution in [2.24, 2.45) is 0 Å². The molecule has 0 bridgehead atoms. The summed E-state index contributed by atoms with van der Waals surface area (Å²) in [5.74, 6) is 0. The second kappa shape index (κ2) is 6.23. The summed E-state index contributed by atoms with van der Waals surface area (Å²) < 4.78 is 0. The Kier molecular flexibility index (Phi) is 5.26. The van der Waals surface area contributed by atoms with Crippen molar-refractivity contribution in [2.75, 3.05) is 6.54 Å². The zero-order valence-electron chi connectivity index (χ0n) is 10.3. The topological polar surface area (TPSA) is 24.9 Å². The molecule has 1 aromatic heterocycles. The molecule has 1 aromatic rings. The fourth-order valence-corrected chi connectivity index (χ4v) is 2.90. The van der Waals surface area contributed by atoms with E-state index in [1.54, 1.807) is 0 Å². The van der Waals surface area contributed by atoms with Crippen molar-refractivity contribution in [1.82, 2.24) is 10.3 Å². The Morgan fingerprint density at radius 3 is 2.53 bits per heavy atom. The summed E-state index contributed by atoms with van der Waals surface area (Å²) in [6.07, 6.45) is 3.44. The number of aryl methyl sites for hydroxylation is 2. The molecule has 0 aliphatic heterocycles. The molecule has 1 N–H and O–H groups in total. The molecule has 0 spiro atoms. The van der Waals surface area contributed by atoms with Gasteiger partial charge in [-0.25, -0.2) is 4.98 Å². The van der Waals surface area contributed by atoms with E-state index in [4.69, 9.17) is 4.98 Å². The number of rotatable bonds is 6. The highest BCUT2D eigenvalue weighted by molar-refractivity contribution is 7.11. The summed E-state index contributed by atoms with van der Waals surface area (Å²) >= 11 is 1.85. The third-order valence-electron chi connectivity index (χ3n) is 2.57. The minimum absolute atomic E-state index is 0.462. The second-order valence-corrected chi connectivity index (χ2v) is 5.04. The smallest absolute Gasteiger partial charge is 0.110 e. The van der Waals surface area contributed by atoms with Crippen molar-refractivity contribution in [2.45, 2.75) is 53.0 Å². The molecule has 0 radical (unpaired) electrons. The molecule has 0 aliphatic rings. The van der Waals surface area contributed by atoms with E-state index in [2.05, 4.69) is 33.0 Å². The van der Waals surface area contributed by atoms with Gasteiger partial charge in [-0.3, -0.25) is 0 Å². The van der Waals surface area contributed by atoms with Gasteiger partial charge in [-0.15, -0.1) is 11.3 Å². The van der Waals surface area contributed by atoms with Gasteiger partial charge in [0.1, 0.15) is 5.01 Å². The number of thiazole rings is 1. The fourth-order valence-electron chi connectivity index (χ4n) is 1.78. The summed E-state index contributed by atoms with van der Waals surface area (Å²) in [5.41, 5.74) is 1.27. The Labute approximate surface area is 97.1 Å². The van der Waals surface area contributed by atoms with Crippen LogP contribution in [0.4, 0.5) is 0 Å². The first kappa shape index (κ1) is 12.7. The third kappa shape index (κ3) is 3.28. The molecule has 1 atom stereocenters. The minimum atomic E-state index is 0.462. The Bertz CT molecular complexity index is 288. The van der Waals surface area contributed by atoms with E-state index in [1.807, 2.05) is 11.3 Å². The van der Waals surface area contributed by atoms with Crippen molar-refractivity contribution >= 4 is 11.3 Å². The number of nitrogens with zero attached hydrogens (tertiary/aromatic N) is 1. The highest BCUT2D eigenvalue weighted by atomic mass is 32.1. The van der Waals surface area contributed by atoms with Crippen molar-refractivity contribution in [1.29, 1.82) is 0 Å². The Hall–Kier alpha value is -0.410. The zero-order chi connectivity index (χ0) is 11.3. The molecule has 0 saturated carbocycles. The standard InChI is InChI=1S/C12H22N2S/c1-5-8-11(13-7-3)12-14-10(6-2)9(4)15-12/h11,13H,5-8H2,1-4H3. The van der Waals surface area contributed by atoms with E-state index in [1.165, 1.54) is 28.4 Å². The zero-order valence-corrected chi connectivity index (χ0v) is 11.1. The van der Waals surface area contributed by atoms with Gasteiger partial charge in [0.15, 0.2) is 0 Å². The molecule has 0 fully saturated rings. The minimum Gasteiger partial charge on any atom is -0.308 e. The summed E-state index contributed by atoms with van der Waals surface area (Å²) in [6.45, 7) is 9.75. The average Bonchev–Trinajstić information content (AvgIpc) is 2.59. The highest BCUT2D eigenvalue weighted by Gasteiger charge is 2.15. The Balaban J connectivity index is 2.80. The molecule has 1 rings (SSSR count). The summed E-state index contributed by atoms with van der Waals surface area (Å²) in [7, 11) is 0. The fraction of sp³-hybridized carbons (Fsp3) is 0.750. The van der Waals surface area contributed by atoms with Gasteiger partial charge in [-0.2, -0.15) is 0 Å². The molecule has 86 valence electrons. The quantitative estimate of drug-likeness (QED) is 0.803. The van der Waals surface area contributed by atoms with Gasteiger partial charge in [-0.05, 0) is 26.3 Å². The van der Waals surface area contributed by atoms with Crippen LogP contribution in [0, 0.1) is 6.92 Å². The first-order valence-electron chi connectivity index (χ1n) is 5.92. The van der Waals surface area contributed by atoms with Gasteiger partial charge in [0.05, 0.1) is 11.7 Å². The predicted molar refractivity (Wildman–Crippen MR) is 67.6 cm³/mol. The lowest BCUT2D eigenvalue weighted by atomic mass is 10.2. The van der Waals surface area contributed by atoms with Crippen LogP contribution in [0.3, 0.4) is 0 Å². The molecular formula is C12H22N2S. The van der Waals surface area contributed by atoms with Crippen LogP contribution in [0.15, 0.2) is 0 Å². The van der Waals surface area contributed by atoms with Crippen LogP contribution in [0.1, 0.15) is 55.2 Å². The number of hydrogen-bond acceptors (Lipinski definition) is 3. The van der Waals surface area contributed by atoms with Crippen molar-refractivity contribution in [3.8, 4) is 0 Å². The van der Waals surface area contributed by atoms with E-state index >= 15 is 0 Å². The molecule has 0 aliphatic carbocycles. The molecular weight excluding hydrogens is 204 g/mol. The second-order valence-electron chi connectivity index (χ2n) is 3.81. The molecule has 3 heteroatoms. The summed E-state index contributed by atoms with van der Waals surface area (Å²) in [4.78, 5) is 6.10. The van der Waals surface area contributed by atoms with Crippen LogP contribution in [-0.2, 0) is 6.42 Å². The van der Waals surface area contributed by atoms with Crippen LogP contribution in [0.25, 0.3) is 0 Å². The van der Waals surface area contributed by atoms with Gasteiger partial charge in [-0.1, -0.05) is 27.2 Å². The van der Waals surface area contributed by atoms with E-state index in [0.717, 1.165) is 13.0 Å². The maximum atomic E-state index is 4.72. The van der Waals surface area contributed by atoms with E-state index in [0.29, 0.717) is 6.04 Å². The predicted octanol–water partition coefficient (Wildman–Crippen LogP) is 3.46. The molecule has 15 heavy (non-hydrogen) atoms. The summed E-state index contributed by atoms with van der Waals surface area (Å²) in [5, 5.41) is 4.78. The van der Waals surface area contributed by atoms with E-state index in [9.17, 15) is 0 Å². The van der Waals surface area contributed by atoms with E-state index < -0.39 is 0 Å². The molecule has 1 unspecified atom stereocenters. The Morgan fingerprint density at radius 1 is 1.33 bits per heavy atom. The van der Waals surface area contributed by atoms with Crippen molar-refractivity contribution in [3.63, 3.8) is 0 Å². The van der Waals surface area contributed by atoms with Crippen LogP contribution < -0.4 is 5.32 Å². The van der Waals surface area contributed by atoms with Crippen LogP contribution in [0.2, 0.25) is 0 Å². The van der Waals surface area contributed by atoms with Crippen LogP contribution >= 0.6 is 11.3 Å². The van der Waals surface area contributed by atoms with Gasteiger partial charge in [0.2, 0.25) is 0 Å². The number of nitrogens with one attached hydrogen (secondary N) is 1. The third-order valence-corrected chi connectivity index (χ3v) is 3.70. The monoisotopic (exact) mass is 226 g/mol. The average molecular weight is 226 g/mol. The largest absolute Gasteiger partial charge is 0.308 e. The first-order chi connectivity index (χ1) is 7.22. The normalized spacial score (nSPS) is 13.1. The van der Waals surface area contributed by atoms with Gasteiger partial charge >= 0.3 is 0 Å². The SMILES string of the molecule is CCCC(NCC)c1nc(CC)c(C)s1. The van der Waals surface area contributed by atoms with Gasteiger partial charge < -0.3 is 5.32 Å². The van der Waals surface area contributed by atoms with Crippen LogP contribution in [0.5, 0.6) is 0 Å². The lowest BCUT2D eigenvalue weighted by molar-refractivity contribution is 0.506. The maximum Gasteiger partial charge on any atom is 0.110 e. The van der Waals surface area contributed by atoms with Crippen molar-refractivity contribution < 1.29 is 0 Å². The number of hydrogen-bond donors (Lipinski definition) is 1. The lowest BCUT2D eigenvalue weighted by Crippen LogP contribution is -2.20. The summed E-state index contributed by atoms with van der Waals surface area (Å²) in [6, 6.07) is 0.462. The van der Waals surface area contributed by atoms with Gasteiger partial charge in [0, 0.05) is 4.88 Å². The maximum absolute atomic E-state index is 4.72. The molecule has 0 saturated heterocycles.